The SMILES string of the molecule is CCCCCCCC/C=C\CCCCCCCCCC(=O)OCC1OC(OC2CCC3(C)C(=CCC4C3CCC3(C)C(C(C)CCCC(C)C)CCC43)C2)C(O)C(O)C1O. The van der Waals surface area contributed by atoms with E-state index in [1.54, 1.807) is 0 Å². The Balaban J connectivity index is 0.983. The van der Waals surface area contributed by atoms with Crippen LogP contribution in [0.25, 0.3) is 0 Å². The average molecular weight is 841 g/mol. The van der Waals surface area contributed by atoms with Crippen LogP contribution < -0.4 is 0 Å². The van der Waals surface area contributed by atoms with Gasteiger partial charge in [-0.2, -0.15) is 0 Å². The summed E-state index contributed by atoms with van der Waals surface area (Å²) in [6, 6.07) is 0. The van der Waals surface area contributed by atoms with Crippen molar-refractivity contribution in [3.8, 4) is 0 Å². The minimum Gasteiger partial charge on any atom is -0.463 e. The number of carbonyl (C=O) groups excluding carboxylic acids is 1. The Kier molecular flexibility index (Phi) is 20.5. The molecule has 0 aromatic carbocycles. The van der Waals surface area contributed by atoms with Crippen molar-refractivity contribution in [2.45, 2.75) is 252 Å². The zero-order valence-electron chi connectivity index (χ0n) is 39.4. The highest BCUT2D eigenvalue weighted by Crippen LogP contribution is 2.67. The number of unbranched alkanes of at least 4 members (excludes halogenated alkanes) is 13. The van der Waals surface area contributed by atoms with E-state index >= 15 is 0 Å². The average Bonchev–Trinajstić information content (AvgIpc) is 3.59. The van der Waals surface area contributed by atoms with Gasteiger partial charge in [-0.25, -0.2) is 0 Å². The Morgan fingerprint density at radius 3 is 2.13 bits per heavy atom. The van der Waals surface area contributed by atoms with Gasteiger partial charge in [-0.1, -0.05) is 149 Å². The van der Waals surface area contributed by atoms with Crippen molar-refractivity contribution in [1.29, 1.82) is 0 Å². The van der Waals surface area contributed by atoms with Crippen molar-refractivity contribution in [3.05, 3.63) is 23.8 Å². The Hall–Kier alpha value is -1.25. The number of hydrogen-bond donors (Lipinski definition) is 3. The number of aliphatic hydroxyl groups excluding tert-OH is 3. The molecule has 7 nitrogen and oxygen atoms in total. The fraction of sp³-hybridized carbons (Fsp3) is 0.906. The van der Waals surface area contributed by atoms with Gasteiger partial charge >= 0.3 is 5.97 Å². The highest BCUT2D eigenvalue weighted by atomic mass is 16.7. The van der Waals surface area contributed by atoms with Crippen LogP contribution in [0.5, 0.6) is 0 Å². The molecule has 0 spiro atoms. The minimum atomic E-state index is -1.44. The highest BCUT2D eigenvalue weighted by molar-refractivity contribution is 5.69. The van der Waals surface area contributed by atoms with Gasteiger partial charge in [0.2, 0.25) is 0 Å². The summed E-state index contributed by atoms with van der Waals surface area (Å²) in [6.45, 7) is 14.5. The Morgan fingerprint density at radius 1 is 0.783 bits per heavy atom. The normalized spacial score (nSPS) is 35.9. The molecule has 5 rings (SSSR count). The lowest BCUT2D eigenvalue weighted by Crippen LogP contribution is -2.60. The van der Waals surface area contributed by atoms with Crippen molar-refractivity contribution < 1.29 is 34.3 Å². The summed E-state index contributed by atoms with van der Waals surface area (Å²) in [5.41, 5.74) is 2.14. The fourth-order valence-corrected chi connectivity index (χ4v) is 13.1. The predicted octanol–water partition coefficient (Wildman–Crippen LogP) is 12.6. The molecule has 13 atom stereocenters. The number of rotatable bonds is 26. The molecule has 7 heteroatoms. The number of carbonyl (C=O) groups is 1. The first-order valence-corrected chi connectivity index (χ1v) is 25.7. The topological polar surface area (TPSA) is 105 Å². The summed E-state index contributed by atoms with van der Waals surface area (Å²) in [5.74, 6) is 4.43. The molecule has 5 aliphatic rings. The minimum absolute atomic E-state index is 0.140. The fourth-order valence-electron chi connectivity index (χ4n) is 13.1. The number of ether oxygens (including phenoxy) is 3. The Morgan fingerprint density at radius 2 is 1.45 bits per heavy atom. The van der Waals surface area contributed by atoms with Gasteiger partial charge in [-0.15, -0.1) is 0 Å². The summed E-state index contributed by atoms with van der Waals surface area (Å²) < 4.78 is 18.0. The van der Waals surface area contributed by atoms with Gasteiger partial charge in [-0.3, -0.25) is 4.79 Å². The molecule has 60 heavy (non-hydrogen) atoms. The lowest BCUT2D eigenvalue weighted by molar-refractivity contribution is -0.313. The summed E-state index contributed by atoms with van der Waals surface area (Å²) in [5, 5.41) is 32.5. The van der Waals surface area contributed by atoms with Gasteiger partial charge in [0.15, 0.2) is 6.29 Å². The summed E-state index contributed by atoms with van der Waals surface area (Å²) >= 11 is 0. The van der Waals surface area contributed by atoms with Crippen LogP contribution in [0.15, 0.2) is 23.8 Å². The van der Waals surface area contributed by atoms with E-state index in [1.807, 2.05) is 0 Å². The molecule has 0 aromatic rings. The van der Waals surface area contributed by atoms with Crippen LogP contribution in [0.1, 0.15) is 215 Å². The van der Waals surface area contributed by atoms with Crippen LogP contribution in [-0.4, -0.2) is 64.7 Å². The van der Waals surface area contributed by atoms with Crippen LogP contribution in [0.3, 0.4) is 0 Å². The number of allylic oxidation sites excluding steroid dienone is 3. The molecule has 1 heterocycles. The van der Waals surface area contributed by atoms with Crippen molar-refractivity contribution in [2.75, 3.05) is 6.61 Å². The molecule has 1 saturated heterocycles. The molecular formula is C53H92O7. The van der Waals surface area contributed by atoms with Crippen molar-refractivity contribution in [2.24, 2.45) is 46.3 Å². The van der Waals surface area contributed by atoms with E-state index in [0.717, 1.165) is 74.5 Å². The van der Waals surface area contributed by atoms with Crippen molar-refractivity contribution in [1.82, 2.24) is 0 Å². The Labute approximate surface area is 367 Å². The van der Waals surface area contributed by atoms with Crippen molar-refractivity contribution in [3.63, 3.8) is 0 Å². The lowest BCUT2D eigenvalue weighted by Gasteiger charge is -2.58. The first-order valence-electron chi connectivity index (χ1n) is 25.7. The second kappa shape index (κ2) is 24.7. The second-order valence-corrected chi connectivity index (χ2v) is 21.5. The van der Waals surface area contributed by atoms with Gasteiger partial charge in [0.25, 0.3) is 0 Å². The van der Waals surface area contributed by atoms with E-state index in [2.05, 4.69) is 59.8 Å². The third-order valence-electron chi connectivity index (χ3n) is 16.8. The largest absolute Gasteiger partial charge is 0.463 e. The smallest absolute Gasteiger partial charge is 0.305 e. The first-order chi connectivity index (χ1) is 28.9. The first kappa shape index (κ1) is 49.8. The van der Waals surface area contributed by atoms with E-state index in [4.69, 9.17) is 14.2 Å². The molecule has 13 unspecified atom stereocenters. The van der Waals surface area contributed by atoms with Crippen LogP contribution >= 0.6 is 0 Å². The van der Waals surface area contributed by atoms with Crippen LogP contribution in [0.2, 0.25) is 0 Å². The number of esters is 1. The zero-order valence-corrected chi connectivity index (χ0v) is 39.4. The van der Waals surface area contributed by atoms with Gasteiger partial charge in [0.05, 0.1) is 6.10 Å². The van der Waals surface area contributed by atoms with Crippen LogP contribution in [0, 0.1) is 46.3 Å². The molecular weight excluding hydrogens is 749 g/mol. The van der Waals surface area contributed by atoms with E-state index in [9.17, 15) is 20.1 Å². The molecule has 0 aromatic heterocycles. The maximum Gasteiger partial charge on any atom is 0.305 e. The van der Waals surface area contributed by atoms with Crippen LogP contribution in [-0.2, 0) is 19.0 Å². The molecule has 4 fully saturated rings. The van der Waals surface area contributed by atoms with Crippen molar-refractivity contribution >= 4 is 5.97 Å². The molecule has 0 amide bonds. The molecule has 3 N–H and O–H groups in total. The summed E-state index contributed by atoms with van der Waals surface area (Å²) in [4.78, 5) is 12.6. The Bertz CT molecular complexity index is 1310. The molecule has 4 aliphatic carbocycles. The highest BCUT2D eigenvalue weighted by Gasteiger charge is 2.59. The van der Waals surface area contributed by atoms with Crippen LogP contribution in [0.4, 0.5) is 0 Å². The van der Waals surface area contributed by atoms with Gasteiger partial charge < -0.3 is 29.5 Å². The third kappa shape index (κ3) is 13.4. The van der Waals surface area contributed by atoms with Gasteiger partial charge in [0.1, 0.15) is 31.0 Å². The number of hydrogen-bond acceptors (Lipinski definition) is 7. The van der Waals surface area contributed by atoms with Gasteiger partial charge in [0, 0.05) is 6.42 Å². The number of fused-ring (bicyclic) bond motifs is 5. The zero-order chi connectivity index (χ0) is 43.1. The summed E-state index contributed by atoms with van der Waals surface area (Å²) in [6.07, 6.45) is 33.1. The van der Waals surface area contributed by atoms with E-state index in [0.29, 0.717) is 17.8 Å². The second-order valence-electron chi connectivity index (χ2n) is 21.5. The number of aliphatic hydroxyl groups is 3. The lowest BCUT2D eigenvalue weighted by atomic mass is 9.47. The third-order valence-corrected chi connectivity index (χ3v) is 16.8. The van der Waals surface area contributed by atoms with E-state index < -0.39 is 30.7 Å². The van der Waals surface area contributed by atoms with Gasteiger partial charge in [-0.05, 0) is 130 Å². The molecule has 1 aliphatic heterocycles. The molecule has 0 radical (unpaired) electrons. The maximum atomic E-state index is 12.6. The standard InChI is InChI=1S/C53H92O7/c1-7-8-9-10-11-12-13-14-15-16-17-18-19-20-21-22-23-27-47(54)58-37-46-48(55)49(56)50(57)51(60-46)59-41-32-34-52(5)40(36-41)28-29-42-44-31-30-43(39(4)26-24-25-38(2)3)53(44,6)35-33-45(42)52/h14-15,28,38-39,41-46,48-51,55-57H,7-13,16-27,29-37H2,1-6H3/b15-14-. The molecule has 3 saturated carbocycles. The predicted molar refractivity (Wildman–Crippen MR) is 244 cm³/mol. The monoisotopic (exact) mass is 841 g/mol. The van der Waals surface area contributed by atoms with E-state index in [1.165, 1.54) is 128 Å². The maximum absolute atomic E-state index is 12.6. The molecule has 0 bridgehead atoms. The van der Waals surface area contributed by atoms with E-state index in [-0.39, 0.29) is 24.1 Å². The summed E-state index contributed by atoms with van der Waals surface area (Å²) in [7, 11) is 0. The molecule has 346 valence electrons. The quantitative estimate of drug-likeness (QED) is 0.0452.